The average molecular weight is 300 g/mol. The number of benzene rings is 2. The van der Waals surface area contributed by atoms with Gasteiger partial charge in [-0.3, -0.25) is 4.79 Å². The van der Waals surface area contributed by atoms with Gasteiger partial charge < -0.3 is 5.32 Å². The molecule has 0 aromatic heterocycles. The van der Waals surface area contributed by atoms with Gasteiger partial charge in [0.15, 0.2) is 0 Å². The standard InChI is InChI=1S/C16H13FN2OS/c1-11(21-15-8-4-13(17)5-9-15)16(20)19-14-6-2-12(10-18)3-7-14/h2-9,11H,1H3,(H,19,20)/t11-/m1/s1. The fourth-order valence-corrected chi connectivity index (χ4v) is 2.51. The summed E-state index contributed by atoms with van der Waals surface area (Å²) in [7, 11) is 0. The summed E-state index contributed by atoms with van der Waals surface area (Å²) in [6.07, 6.45) is 0. The molecule has 0 unspecified atom stereocenters. The summed E-state index contributed by atoms with van der Waals surface area (Å²) in [5.41, 5.74) is 1.19. The smallest absolute Gasteiger partial charge is 0.237 e. The topological polar surface area (TPSA) is 52.9 Å². The number of anilines is 1. The molecule has 0 fully saturated rings. The van der Waals surface area contributed by atoms with Crippen molar-refractivity contribution in [1.82, 2.24) is 0 Å². The highest BCUT2D eigenvalue weighted by molar-refractivity contribution is 8.00. The second-order valence-corrected chi connectivity index (χ2v) is 5.81. The van der Waals surface area contributed by atoms with Crippen molar-refractivity contribution in [3.8, 4) is 6.07 Å². The summed E-state index contributed by atoms with van der Waals surface area (Å²) in [5, 5.41) is 11.2. The molecule has 2 aromatic rings. The van der Waals surface area contributed by atoms with Gasteiger partial charge in [0.25, 0.3) is 0 Å². The number of rotatable bonds is 4. The largest absolute Gasteiger partial charge is 0.325 e. The number of nitrogens with one attached hydrogen (secondary N) is 1. The molecule has 5 heteroatoms. The number of hydrogen-bond acceptors (Lipinski definition) is 3. The van der Waals surface area contributed by atoms with Gasteiger partial charge >= 0.3 is 0 Å². The van der Waals surface area contributed by atoms with Gasteiger partial charge in [-0.2, -0.15) is 5.26 Å². The van der Waals surface area contributed by atoms with Crippen LogP contribution in [0.15, 0.2) is 53.4 Å². The van der Waals surface area contributed by atoms with Crippen LogP contribution in [0.4, 0.5) is 10.1 Å². The second kappa shape index (κ2) is 6.91. The first-order valence-electron chi connectivity index (χ1n) is 6.32. The van der Waals surface area contributed by atoms with E-state index in [1.54, 1.807) is 43.3 Å². The predicted octanol–water partition coefficient (Wildman–Crippen LogP) is 3.82. The van der Waals surface area contributed by atoms with Crippen molar-refractivity contribution in [2.75, 3.05) is 5.32 Å². The second-order valence-electron chi connectivity index (χ2n) is 4.39. The molecular formula is C16H13FN2OS. The SMILES string of the molecule is C[C@@H](Sc1ccc(F)cc1)C(=O)Nc1ccc(C#N)cc1. The molecule has 0 spiro atoms. The van der Waals surface area contributed by atoms with E-state index in [0.29, 0.717) is 11.3 Å². The molecule has 1 N–H and O–H groups in total. The zero-order chi connectivity index (χ0) is 15.2. The van der Waals surface area contributed by atoms with Crippen LogP contribution in [0.1, 0.15) is 12.5 Å². The third-order valence-corrected chi connectivity index (χ3v) is 3.89. The number of carbonyl (C=O) groups excluding carboxylic acids is 1. The van der Waals surface area contributed by atoms with Gasteiger partial charge in [-0.15, -0.1) is 11.8 Å². The van der Waals surface area contributed by atoms with Crippen LogP contribution in [-0.4, -0.2) is 11.2 Å². The molecule has 0 aliphatic carbocycles. The van der Waals surface area contributed by atoms with Crippen LogP contribution in [0.25, 0.3) is 0 Å². The third kappa shape index (κ3) is 4.33. The van der Waals surface area contributed by atoms with Crippen molar-refractivity contribution in [3.05, 3.63) is 59.9 Å². The zero-order valence-electron chi connectivity index (χ0n) is 11.3. The minimum Gasteiger partial charge on any atom is -0.325 e. The molecular weight excluding hydrogens is 287 g/mol. The van der Waals surface area contributed by atoms with Gasteiger partial charge in [-0.1, -0.05) is 0 Å². The molecule has 0 aliphatic heterocycles. The molecule has 2 aromatic carbocycles. The Morgan fingerprint density at radius 1 is 1.19 bits per heavy atom. The number of amides is 1. The molecule has 1 amide bonds. The van der Waals surface area contributed by atoms with E-state index in [0.717, 1.165) is 4.90 Å². The summed E-state index contributed by atoms with van der Waals surface area (Å²) in [6.45, 7) is 1.78. The van der Waals surface area contributed by atoms with E-state index in [2.05, 4.69) is 5.32 Å². The Morgan fingerprint density at radius 2 is 1.81 bits per heavy atom. The highest BCUT2D eigenvalue weighted by Crippen LogP contribution is 2.24. The van der Waals surface area contributed by atoms with Crippen molar-refractivity contribution in [1.29, 1.82) is 5.26 Å². The van der Waals surface area contributed by atoms with Gasteiger partial charge in [-0.05, 0) is 55.5 Å². The van der Waals surface area contributed by atoms with Crippen molar-refractivity contribution in [3.63, 3.8) is 0 Å². The molecule has 106 valence electrons. The fourth-order valence-electron chi connectivity index (χ4n) is 1.64. The van der Waals surface area contributed by atoms with Gasteiger partial charge in [-0.25, -0.2) is 4.39 Å². The summed E-state index contributed by atoms with van der Waals surface area (Å²) < 4.78 is 12.8. The molecule has 0 saturated carbocycles. The third-order valence-electron chi connectivity index (χ3n) is 2.78. The number of thioether (sulfide) groups is 1. The van der Waals surface area contributed by atoms with Gasteiger partial charge in [0.2, 0.25) is 5.91 Å². The first-order valence-corrected chi connectivity index (χ1v) is 7.19. The predicted molar refractivity (Wildman–Crippen MR) is 81.5 cm³/mol. The van der Waals surface area contributed by atoms with Gasteiger partial charge in [0.1, 0.15) is 5.82 Å². The van der Waals surface area contributed by atoms with Crippen LogP contribution in [0, 0.1) is 17.1 Å². The lowest BCUT2D eigenvalue weighted by Gasteiger charge is -2.12. The normalized spacial score (nSPS) is 11.5. The molecule has 3 nitrogen and oxygen atoms in total. The van der Waals surface area contributed by atoms with E-state index >= 15 is 0 Å². The van der Waals surface area contributed by atoms with E-state index in [-0.39, 0.29) is 17.0 Å². The molecule has 1 atom stereocenters. The number of hydrogen-bond donors (Lipinski definition) is 1. The number of halogens is 1. The van der Waals surface area contributed by atoms with E-state index < -0.39 is 0 Å². The Kier molecular flexibility index (Phi) is 4.96. The first kappa shape index (κ1) is 15.1. The summed E-state index contributed by atoms with van der Waals surface area (Å²) >= 11 is 1.36. The maximum atomic E-state index is 12.8. The van der Waals surface area contributed by atoms with Crippen molar-refractivity contribution in [2.24, 2.45) is 0 Å². The number of carbonyl (C=O) groups is 1. The first-order chi connectivity index (χ1) is 10.1. The molecule has 0 saturated heterocycles. The van der Waals surface area contributed by atoms with E-state index in [9.17, 15) is 9.18 Å². The van der Waals surface area contributed by atoms with E-state index in [1.807, 2.05) is 6.07 Å². The fraction of sp³-hybridized carbons (Fsp3) is 0.125. The lowest BCUT2D eigenvalue weighted by molar-refractivity contribution is -0.115. The lowest BCUT2D eigenvalue weighted by Crippen LogP contribution is -2.22. The van der Waals surface area contributed by atoms with Crippen molar-refractivity contribution < 1.29 is 9.18 Å². The molecule has 2 rings (SSSR count). The monoisotopic (exact) mass is 300 g/mol. The maximum absolute atomic E-state index is 12.8. The maximum Gasteiger partial charge on any atom is 0.237 e. The van der Waals surface area contributed by atoms with Crippen LogP contribution in [0.5, 0.6) is 0 Å². The van der Waals surface area contributed by atoms with Crippen LogP contribution in [0.3, 0.4) is 0 Å². The summed E-state index contributed by atoms with van der Waals surface area (Å²) in [6, 6.07) is 14.7. The van der Waals surface area contributed by atoms with Crippen LogP contribution in [-0.2, 0) is 4.79 Å². The Hall–Kier alpha value is -2.32. The molecule has 0 bridgehead atoms. The van der Waals surface area contributed by atoms with Crippen LogP contribution in [0.2, 0.25) is 0 Å². The molecule has 0 aliphatic rings. The lowest BCUT2D eigenvalue weighted by atomic mass is 10.2. The minimum atomic E-state index is -0.314. The number of nitrogens with zero attached hydrogens (tertiary/aromatic N) is 1. The van der Waals surface area contributed by atoms with Crippen molar-refractivity contribution >= 4 is 23.4 Å². The van der Waals surface area contributed by atoms with Crippen molar-refractivity contribution in [2.45, 2.75) is 17.1 Å². The summed E-state index contributed by atoms with van der Waals surface area (Å²) in [4.78, 5) is 12.9. The van der Waals surface area contributed by atoms with Crippen LogP contribution < -0.4 is 5.32 Å². The zero-order valence-corrected chi connectivity index (χ0v) is 12.2. The number of nitriles is 1. The average Bonchev–Trinajstić information content (AvgIpc) is 2.50. The Morgan fingerprint density at radius 3 is 2.38 bits per heavy atom. The molecule has 21 heavy (non-hydrogen) atoms. The Bertz CT molecular complexity index is 662. The molecule has 0 heterocycles. The highest BCUT2D eigenvalue weighted by Gasteiger charge is 2.14. The van der Waals surface area contributed by atoms with Crippen LogP contribution >= 0.6 is 11.8 Å². The Labute approximate surface area is 126 Å². The highest BCUT2D eigenvalue weighted by atomic mass is 32.2. The van der Waals surface area contributed by atoms with Gasteiger partial charge in [0, 0.05) is 10.6 Å². The van der Waals surface area contributed by atoms with Gasteiger partial charge in [0.05, 0.1) is 16.9 Å². The Balaban J connectivity index is 1.95. The van der Waals surface area contributed by atoms with E-state index in [1.165, 1.54) is 23.9 Å². The quantitative estimate of drug-likeness (QED) is 0.873. The molecule has 0 radical (unpaired) electrons. The summed E-state index contributed by atoms with van der Waals surface area (Å²) in [5.74, 6) is -0.442. The minimum absolute atomic E-state index is 0.144. The van der Waals surface area contributed by atoms with E-state index in [4.69, 9.17) is 5.26 Å².